The van der Waals surface area contributed by atoms with Crippen molar-refractivity contribution in [3.8, 4) is 11.3 Å². The van der Waals surface area contributed by atoms with Crippen LogP contribution in [0.2, 0.25) is 19.6 Å². The first kappa shape index (κ1) is 14.1. The van der Waals surface area contributed by atoms with Gasteiger partial charge < -0.3 is 4.42 Å². The highest BCUT2D eigenvalue weighted by atomic mass is 28.3. The third kappa shape index (κ3) is 2.26. The fourth-order valence-corrected chi connectivity index (χ4v) is 4.45. The van der Waals surface area contributed by atoms with E-state index in [1.54, 1.807) is 6.20 Å². The zero-order chi connectivity index (χ0) is 16.0. The first-order chi connectivity index (χ1) is 11.1. The normalized spacial score (nSPS) is 12.1. The molecule has 3 aromatic heterocycles. The van der Waals surface area contributed by atoms with Crippen molar-refractivity contribution in [2.75, 3.05) is 0 Å². The second kappa shape index (κ2) is 5.03. The maximum Gasteiger partial charge on any atom is 0.147 e. The molecule has 0 N–H and O–H groups in total. The summed E-state index contributed by atoms with van der Waals surface area (Å²) in [7, 11) is -1.59. The van der Waals surface area contributed by atoms with E-state index < -0.39 is 8.07 Å². The Morgan fingerprint density at radius 3 is 2.43 bits per heavy atom. The van der Waals surface area contributed by atoms with Gasteiger partial charge in [0, 0.05) is 28.5 Å². The molecule has 23 heavy (non-hydrogen) atoms. The lowest BCUT2D eigenvalue weighted by molar-refractivity contribution is 0.669. The molecule has 3 heterocycles. The van der Waals surface area contributed by atoms with Crippen molar-refractivity contribution < 1.29 is 4.42 Å². The molecule has 0 radical (unpaired) electrons. The number of fused-ring (bicyclic) bond motifs is 3. The summed E-state index contributed by atoms with van der Waals surface area (Å²) in [5, 5.41) is 3.49. The third-order valence-corrected chi connectivity index (χ3v) is 5.85. The van der Waals surface area contributed by atoms with E-state index in [-0.39, 0.29) is 0 Å². The Bertz CT molecular complexity index is 1000. The summed E-state index contributed by atoms with van der Waals surface area (Å²) in [6, 6.07) is 14.1. The lowest BCUT2D eigenvalue weighted by Crippen LogP contribution is -2.40. The highest BCUT2D eigenvalue weighted by Crippen LogP contribution is 2.34. The van der Waals surface area contributed by atoms with Crippen LogP contribution in [0.5, 0.6) is 0 Å². The smallest absolute Gasteiger partial charge is 0.147 e. The van der Waals surface area contributed by atoms with Crippen LogP contribution < -0.4 is 5.32 Å². The maximum absolute atomic E-state index is 6.22. The molecule has 0 atom stereocenters. The number of hydrogen-bond donors (Lipinski definition) is 0. The molecule has 4 rings (SSSR count). The van der Waals surface area contributed by atoms with Crippen LogP contribution in [0.25, 0.3) is 33.2 Å². The van der Waals surface area contributed by atoms with E-state index in [0.717, 1.165) is 33.2 Å². The van der Waals surface area contributed by atoms with E-state index in [2.05, 4.69) is 36.8 Å². The lowest BCUT2D eigenvalue weighted by atomic mass is 10.1. The van der Waals surface area contributed by atoms with Gasteiger partial charge in [0.1, 0.15) is 19.2 Å². The van der Waals surface area contributed by atoms with Gasteiger partial charge >= 0.3 is 0 Å². The van der Waals surface area contributed by atoms with Crippen LogP contribution in [0.1, 0.15) is 0 Å². The molecule has 4 heteroatoms. The largest absolute Gasteiger partial charge is 0.455 e. The summed E-state index contributed by atoms with van der Waals surface area (Å²) in [5.41, 5.74) is 3.66. The first-order valence-corrected chi connectivity index (χ1v) is 11.3. The Morgan fingerprint density at radius 2 is 1.70 bits per heavy atom. The molecule has 0 amide bonds. The summed E-state index contributed by atoms with van der Waals surface area (Å²) >= 11 is 0. The molecule has 0 unspecified atom stereocenters. The Labute approximate surface area is 136 Å². The molecule has 0 saturated carbocycles. The fourth-order valence-electron chi connectivity index (χ4n) is 3.00. The molecule has 0 spiro atoms. The Morgan fingerprint density at radius 1 is 0.913 bits per heavy atom. The molecule has 0 aliphatic heterocycles. The summed E-state index contributed by atoms with van der Waals surface area (Å²) in [5.74, 6) is 0. The van der Waals surface area contributed by atoms with Crippen LogP contribution >= 0.6 is 0 Å². The van der Waals surface area contributed by atoms with Gasteiger partial charge in [-0.25, -0.2) is 0 Å². The van der Waals surface area contributed by atoms with Crippen LogP contribution in [0.4, 0.5) is 0 Å². The molecule has 1 aromatic carbocycles. The fraction of sp³-hybridized carbons (Fsp3) is 0.158. The van der Waals surface area contributed by atoms with E-state index >= 15 is 0 Å². The van der Waals surface area contributed by atoms with E-state index in [1.807, 2.05) is 36.5 Å². The highest BCUT2D eigenvalue weighted by Gasteiger charge is 2.26. The Hall–Kier alpha value is -2.46. The number of pyridine rings is 2. The highest BCUT2D eigenvalue weighted by molar-refractivity contribution is 6.90. The maximum atomic E-state index is 6.22. The molecular formula is C19H18N2OSi. The average Bonchev–Trinajstić information content (AvgIpc) is 2.93. The minimum atomic E-state index is -1.59. The van der Waals surface area contributed by atoms with Crippen molar-refractivity contribution in [2.24, 2.45) is 0 Å². The zero-order valence-corrected chi connectivity index (χ0v) is 14.5. The minimum absolute atomic E-state index is 0.895. The van der Waals surface area contributed by atoms with E-state index in [0.29, 0.717) is 0 Å². The second-order valence-electron chi connectivity index (χ2n) is 6.79. The van der Waals surface area contributed by atoms with E-state index in [9.17, 15) is 0 Å². The number of para-hydroxylation sites is 1. The molecule has 4 aromatic rings. The first-order valence-electron chi connectivity index (χ1n) is 7.78. The number of benzene rings is 1. The van der Waals surface area contributed by atoms with Gasteiger partial charge in [-0.3, -0.25) is 9.97 Å². The van der Waals surface area contributed by atoms with Crippen molar-refractivity contribution in [3.63, 3.8) is 0 Å². The van der Waals surface area contributed by atoms with Gasteiger partial charge in [-0.05, 0) is 18.2 Å². The molecular weight excluding hydrogens is 300 g/mol. The molecule has 0 aliphatic rings. The number of furan rings is 1. The van der Waals surface area contributed by atoms with Crippen LogP contribution in [-0.4, -0.2) is 18.0 Å². The number of aromatic nitrogens is 2. The van der Waals surface area contributed by atoms with Crippen LogP contribution in [0.3, 0.4) is 0 Å². The number of rotatable bonds is 2. The summed E-state index contributed by atoms with van der Waals surface area (Å²) in [6.07, 6.45) is 3.72. The van der Waals surface area contributed by atoms with Crippen molar-refractivity contribution in [3.05, 3.63) is 54.9 Å². The minimum Gasteiger partial charge on any atom is -0.455 e. The van der Waals surface area contributed by atoms with Gasteiger partial charge in [0.25, 0.3) is 0 Å². The molecule has 3 nitrogen and oxygen atoms in total. The molecule has 0 saturated heterocycles. The zero-order valence-electron chi connectivity index (χ0n) is 13.5. The van der Waals surface area contributed by atoms with Crippen LogP contribution in [0.15, 0.2) is 59.3 Å². The van der Waals surface area contributed by atoms with Crippen molar-refractivity contribution in [1.82, 2.24) is 9.97 Å². The third-order valence-electron chi connectivity index (χ3n) is 4.05. The van der Waals surface area contributed by atoms with Gasteiger partial charge in [-0.2, -0.15) is 0 Å². The standard InChI is InChI=1S/C19H18N2OSi/c1-23(2,3)19-17-13-8-4-5-10-16(13)22-18(17)14(12-21-19)15-9-6-7-11-20-15/h4-12H,1-3H3. The molecule has 0 aliphatic carbocycles. The van der Waals surface area contributed by atoms with Gasteiger partial charge in [-0.15, -0.1) is 0 Å². The van der Waals surface area contributed by atoms with E-state index in [4.69, 9.17) is 9.40 Å². The average molecular weight is 318 g/mol. The van der Waals surface area contributed by atoms with Gasteiger partial charge in [0.2, 0.25) is 0 Å². The number of nitrogens with zero attached hydrogens (tertiary/aromatic N) is 2. The summed E-state index contributed by atoms with van der Waals surface area (Å²) in [6.45, 7) is 6.95. The predicted octanol–water partition coefficient (Wildman–Crippen LogP) is 4.59. The van der Waals surface area contributed by atoms with Crippen LogP contribution in [-0.2, 0) is 0 Å². The lowest BCUT2D eigenvalue weighted by Gasteiger charge is -2.17. The summed E-state index contributed by atoms with van der Waals surface area (Å²) in [4.78, 5) is 9.31. The topological polar surface area (TPSA) is 38.9 Å². The van der Waals surface area contributed by atoms with Crippen molar-refractivity contribution in [1.29, 1.82) is 0 Å². The molecule has 0 bridgehead atoms. The quantitative estimate of drug-likeness (QED) is 0.507. The van der Waals surface area contributed by atoms with Crippen molar-refractivity contribution in [2.45, 2.75) is 19.6 Å². The van der Waals surface area contributed by atoms with Gasteiger partial charge in [-0.1, -0.05) is 43.9 Å². The number of hydrogen-bond acceptors (Lipinski definition) is 3. The van der Waals surface area contributed by atoms with E-state index in [1.165, 1.54) is 5.32 Å². The SMILES string of the molecule is C[Si](C)(C)c1ncc(-c2ccccn2)c2oc3ccccc3c12. The van der Waals surface area contributed by atoms with Crippen LogP contribution in [0, 0.1) is 0 Å². The summed E-state index contributed by atoms with van der Waals surface area (Å²) < 4.78 is 6.22. The van der Waals surface area contributed by atoms with Gasteiger partial charge in [0.05, 0.1) is 11.3 Å². The van der Waals surface area contributed by atoms with Gasteiger partial charge in [0.15, 0.2) is 0 Å². The predicted molar refractivity (Wildman–Crippen MR) is 97.7 cm³/mol. The molecule has 0 fully saturated rings. The Balaban J connectivity index is 2.16. The molecule has 114 valence electrons. The Kier molecular flexibility index (Phi) is 3.09. The van der Waals surface area contributed by atoms with Crippen molar-refractivity contribution >= 4 is 35.3 Å². The monoisotopic (exact) mass is 318 g/mol. The second-order valence-corrected chi connectivity index (χ2v) is 11.8.